The Morgan fingerprint density at radius 3 is 2.58 bits per heavy atom. The second-order valence-corrected chi connectivity index (χ2v) is 6.22. The lowest BCUT2D eigenvalue weighted by Crippen LogP contribution is -2.36. The number of carbonyl (C=O) groups is 1. The minimum atomic E-state index is -1.26. The largest absolute Gasteiger partial charge is 0.508 e. The molecule has 2 aromatic carbocycles. The number of carbonyl (C=O) groups excluding carboxylic acids is 1. The lowest BCUT2D eigenvalue weighted by Gasteiger charge is -2.30. The van der Waals surface area contributed by atoms with Gasteiger partial charge in [-0.2, -0.15) is 0 Å². The van der Waals surface area contributed by atoms with Crippen LogP contribution in [0.15, 0.2) is 54.1 Å². The number of fused-ring (bicyclic) bond motifs is 1. The van der Waals surface area contributed by atoms with Gasteiger partial charge in [-0.15, -0.1) is 0 Å². The predicted octanol–water partition coefficient (Wildman–Crippen LogP) is 3.58. The van der Waals surface area contributed by atoms with Crippen molar-refractivity contribution in [1.82, 2.24) is 0 Å². The highest BCUT2D eigenvalue weighted by molar-refractivity contribution is 6.03. The van der Waals surface area contributed by atoms with Gasteiger partial charge in [0, 0.05) is 6.07 Å². The Morgan fingerprint density at radius 2 is 1.92 bits per heavy atom. The topological polar surface area (TPSA) is 66.8 Å². The number of Topliss-reactive ketones (excluding diaryl/α,β-unsaturated/α-hetero) is 1. The zero-order valence-electron chi connectivity index (χ0n) is 13.7. The Balaban J connectivity index is 1.98. The molecule has 0 spiro atoms. The molecule has 2 N–H and O–H groups in total. The number of phenols is 1. The number of ether oxygens (including phenoxy) is 1. The standard InChI is InChI=1S/C20H20O4/c1-12(2)8-9-14-10-15-17(11-16(14)21)24-20(19(23)18(15)22)13-6-4-3-5-7-13/h3-8,10-11,19-21,23H,9H2,1-2H3/t19-,20-/m1/s1. The maximum atomic E-state index is 12.6. The van der Waals surface area contributed by atoms with Crippen molar-refractivity contribution in [3.05, 3.63) is 70.8 Å². The van der Waals surface area contributed by atoms with Crippen molar-refractivity contribution in [2.45, 2.75) is 32.5 Å². The van der Waals surface area contributed by atoms with Gasteiger partial charge in [0.25, 0.3) is 0 Å². The summed E-state index contributed by atoms with van der Waals surface area (Å²) in [6.45, 7) is 3.94. The second kappa shape index (κ2) is 6.49. The molecule has 1 aliphatic rings. The lowest BCUT2D eigenvalue weighted by atomic mass is 9.92. The number of aliphatic hydroxyl groups excluding tert-OH is 1. The van der Waals surface area contributed by atoms with E-state index in [0.717, 1.165) is 11.1 Å². The van der Waals surface area contributed by atoms with E-state index in [1.807, 2.05) is 38.1 Å². The van der Waals surface area contributed by atoms with E-state index in [1.54, 1.807) is 18.2 Å². The summed E-state index contributed by atoms with van der Waals surface area (Å²) in [5.74, 6) is 0.00316. The summed E-state index contributed by atoms with van der Waals surface area (Å²) in [4.78, 5) is 12.6. The van der Waals surface area contributed by atoms with E-state index < -0.39 is 12.2 Å². The Hall–Kier alpha value is -2.59. The van der Waals surface area contributed by atoms with Gasteiger partial charge < -0.3 is 14.9 Å². The molecule has 1 aliphatic heterocycles. The minimum absolute atomic E-state index is 0.0854. The zero-order valence-corrected chi connectivity index (χ0v) is 13.7. The van der Waals surface area contributed by atoms with Crippen molar-refractivity contribution in [2.75, 3.05) is 0 Å². The fourth-order valence-electron chi connectivity index (χ4n) is 2.77. The summed E-state index contributed by atoms with van der Waals surface area (Å²) in [5, 5.41) is 20.6. The van der Waals surface area contributed by atoms with Crippen LogP contribution < -0.4 is 4.74 Å². The highest BCUT2D eigenvalue weighted by Crippen LogP contribution is 2.38. The van der Waals surface area contributed by atoms with E-state index in [9.17, 15) is 15.0 Å². The summed E-state index contributed by atoms with van der Waals surface area (Å²) in [7, 11) is 0. The van der Waals surface area contributed by atoms with Crippen LogP contribution in [0.4, 0.5) is 0 Å². The summed E-state index contributed by atoms with van der Waals surface area (Å²) in [6, 6.07) is 12.2. The van der Waals surface area contributed by atoms with E-state index in [2.05, 4.69) is 0 Å². The monoisotopic (exact) mass is 324 g/mol. The van der Waals surface area contributed by atoms with Crippen LogP contribution >= 0.6 is 0 Å². The molecule has 0 bridgehead atoms. The van der Waals surface area contributed by atoms with Crippen LogP contribution in [-0.2, 0) is 6.42 Å². The average molecular weight is 324 g/mol. The molecule has 2 atom stereocenters. The number of rotatable bonds is 3. The first-order chi connectivity index (χ1) is 11.5. The van der Waals surface area contributed by atoms with Crippen molar-refractivity contribution in [3.63, 3.8) is 0 Å². The molecule has 1 heterocycles. The molecule has 124 valence electrons. The Kier molecular flexibility index (Phi) is 4.40. The molecule has 0 amide bonds. The Bertz CT molecular complexity index is 789. The summed E-state index contributed by atoms with van der Waals surface area (Å²) >= 11 is 0. The van der Waals surface area contributed by atoms with Gasteiger partial charge >= 0.3 is 0 Å². The molecular weight excluding hydrogens is 304 g/mol. The van der Waals surface area contributed by atoms with Crippen LogP contribution in [0.5, 0.6) is 11.5 Å². The van der Waals surface area contributed by atoms with Crippen molar-refractivity contribution in [1.29, 1.82) is 0 Å². The van der Waals surface area contributed by atoms with Crippen LogP contribution in [0.2, 0.25) is 0 Å². The number of hydrogen-bond donors (Lipinski definition) is 2. The Morgan fingerprint density at radius 1 is 1.21 bits per heavy atom. The average Bonchev–Trinajstić information content (AvgIpc) is 2.57. The molecule has 4 heteroatoms. The third-order valence-corrected chi connectivity index (χ3v) is 4.11. The SMILES string of the molecule is CC(C)=CCc1cc2c(cc1O)O[C@H](c1ccccc1)[C@H](O)C2=O. The van der Waals surface area contributed by atoms with Gasteiger partial charge in [0.05, 0.1) is 5.56 Å². The Labute approximate surface area is 141 Å². The smallest absolute Gasteiger partial charge is 0.199 e. The molecule has 0 saturated carbocycles. The molecule has 2 aromatic rings. The third-order valence-electron chi connectivity index (χ3n) is 4.11. The van der Waals surface area contributed by atoms with Gasteiger partial charge in [-0.3, -0.25) is 4.79 Å². The van der Waals surface area contributed by atoms with Crippen LogP contribution in [0.25, 0.3) is 0 Å². The van der Waals surface area contributed by atoms with E-state index in [-0.39, 0.29) is 11.5 Å². The van der Waals surface area contributed by atoms with Crippen LogP contribution in [-0.4, -0.2) is 22.1 Å². The molecule has 0 saturated heterocycles. The number of benzene rings is 2. The lowest BCUT2D eigenvalue weighted by molar-refractivity contribution is 0.0215. The first-order valence-corrected chi connectivity index (χ1v) is 7.90. The quantitative estimate of drug-likeness (QED) is 0.847. The van der Waals surface area contributed by atoms with Gasteiger partial charge in [-0.05, 0) is 37.5 Å². The van der Waals surface area contributed by atoms with Crippen LogP contribution in [0.1, 0.15) is 41.4 Å². The zero-order chi connectivity index (χ0) is 17.3. The van der Waals surface area contributed by atoms with Gasteiger partial charge in [-0.25, -0.2) is 0 Å². The molecular formula is C20H20O4. The fraction of sp³-hybridized carbons (Fsp3) is 0.250. The molecule has 0 radical (unpaired) electrons. The second-order valence-electron chi connectivity index (χ2n) is 6.22. The summed E-state index contributed by atoms with van der Waals surface area (Å²) in [6.07, 6.45) is 0.459. The summed E-state index contributed by atoms with van der Waals surface area (Å²) < 4.78 is 5.82. The van der Waals surface area contributed by atoms with Crippen LogP contribution in [0, 0.1) is 0 Å². The number of aliphatic hydroxyl groups is 1. The number of hydrogen-bond acceptors (Lipinski definition) is 4. The molecule has 24 heavy (non-hydrogen) atoms. The molecule has 0 unspecified atom stereocenters. The number of allylic oxidation sites excluding steroid dienone is 2. The molecule has 4 nitrogen and oxygen atoms in total. The van der Waals surface area contributed by atoms with Gasteiger partial charge in [0.2, 0.25) is 0 Å². The van der Waals surface area contributed by atoms with Crippen molar-refractivity contribution >= 4 is 5.78 Å². The summed E-state index contributed by atoms with van der Waals surface area (Å²) in [5.41, 5.74) is 2.79. The van der Waals surface area contributed by atoms with E-state index >= 15 is 0 Å². The predicted molar refractivity (Wildman–Crippen MR) is 91.4 cm³/mol. The molecule has 0 fully saturated rings. The van der Waals surface area contributed by atoms with E-state index in [0.29, 0.717) is 23.3 Å². The normalized spacial score (nSPS) is 19.4. The highest BCUT2D eigenvalue weighted by atomic mass is 16.5. The van der Waals surface area contributed by atoms with Crippen LogP contribution in [0.3, 0.4) is 0 Å². The van der Waals surface area contributed by atoms with Gasteiger partial charge in [-0.1, -0.05) is 42.0 Å². The van der Waals surface area contributed by atoms with Gasteiger partial charge in [0.1, 0.15) is 11.5 Å². The first-order valence-electron chi connectivity index (χ1n) is 7.90. The van der Waals surface area contributed by atoms with E-state index in [4.69, 9.17) is 4.74 Å². The number of aromatic hydroxyl groups is 1. The minimum Gasteiger partial charge on any atom is -0.508 e. The van der Waals surface area contributed by atoms with E-state index in [1.165, 1.54) is 6.07 Å². The maximum absolute atomic E-state index is 12.6. The van der Waals surface area contributed by atoms with Crippen molar-refractivity contribution in [2.24, 2.45) is 0 Å². The van der Waals surface area contributed by atoms with Crippen molar-refractivity contribution < 1.29 is 19.7 Å². The number of phenolic OH excluding ortho intramolecular Hbond substituents is 1. The molecule has 0 aromatic heterocycles. The van der Waals surface area contributed by atoms with Gasteiger partial charge in [0.15, 0.2) is 18.0 Å². The first kappa shape index (κ1) is 16.3. The molecule has 3 rings (SSSR count). The third kappa shape index (κ3) is 3.05. The fourth-order valence-corrected chi connectivity index (χ4v) is 2.77. The number of ketones is 1. The highest BCUT2D eigenvalue weighted by Gasteiger charge is 2.37. The van der Waals surface area contributed by atoms with Crippen molar-refractivity contribution in [3.8, 4) is 11.5 Å². The molecule has 0 aliphatic carbocycles. The maximum Gasteiger partial charge on any atom is 0.199 e.